The van der Waals surface area contributed by atoms with Gasteiger partial charge in [-0.25, -0.2) is 0 Å². The molecule has 2 aliphatic carbocycles. The topological polar surface area (TPSA) is 279 Å². The zero-order valence-corrected chi connectivity index (χ0v) is 29.1. The molecular formula is C32H40ClNO16S. The van der Waals surface area contributed by atoms with E-state index in [0.717, 1.165) is 19.3 Å². The largest absolute Gasteiger partial charge is 0.507 e. The number of hydrogen-bond acceptors (Lipinski definition) is 15. The molecule has 2 fully saturated rings. The van der Waals surface area contributed by atoms with Crippen molar-refractivity contribution in [3.05, 3.63) is 51.6 Å². The van der Waals surface area contributed by atoms with Gasteiger partial charge in [0.2, 0.25) is 5.78 Å². The number of aromatic hydroxyl groups is 2. The first kappa shape index (κ1) is 40.5. The number of hydrogen-bond donors (Lipinski definition) is 7. The molecule has 0 bridgehead atoms. The Morgan fingerprint density at radius 2 is 1.71 bits per heavy atom. The van der Waals surface area contributed by atoms with E-state index >= 15 is 0 Å². The lowest BCUT2D eigenvalue weighted by atomic mass is 9.72. The summed E-state index contributed by atoms with van der Waals surface area (Å²) < 4.78 is 61.0. The quantitative estimate of drug-likeness (QED) is 0.132. The molecule has 51 heavy (non-hydrogen) atoms. The zero-order valence-electron chi connectivity index (χ0n) is 27.5. The summed E-state index contributed by atoms with van der Waals surface area (Å²) >= 11 is 0. The summed E-state index contributed by atoms with van der Waals surface area (Å²) in [4.78, 5) is 40.2. The fraction of sp³-hybridized carbons (Fsp3) is 0.531. The van der Waals surface area contributed by atoms with E-state index in [1.165, 1.54) is 25.3 Å². The number of methoxy groups -OCH3 is 1. The number of halogens is 1. The van der Waals surface area contributed by atoms with Gasteiger partial charge in [0.15, 0.2) is 24.1 Å². The highest BCUT2D eigenvalue weighted by Crippen LogP contribution is 2.52. The molecule has 17 nitrogen and oxygen atoms in total. The van der Waals surface area contributed by atoms with Crippen LogP contribution in [0.3, 0.4) is 0 Å². The Morgan fingerprint density at radius 3 is 2.29 bits per heavy atom. The molecule has 6 rings (SSSR count). The number of ether oxygens (including phenoxy) is 5. The lowest BCUT2D eigenvalue weighted by Crippen LogP contribution is -2.55. The number of Topliss-reactive ketones (excluding diaryl/α,β-unsaturated/α-hetero) is 1. The first-order chi connectivity index (χ1) is 23.5. The van der Waals surface area contributed by atoms with Crippen molar-refractivity contribution in [3.63, 3.8) is 0 Å². The maximum absolute atomic E-state index is 13.8. The Labute approximate surface area is 298 Å². The molecule has 2 saturated heterocycles. The lowest BCUT2D eigenvalue weighted by Gasteiger charge is -2.43. The van der Waals surface area contributed by atoms with Crippen LogP contribution in [0.25, 0.3) is 0 Å². The summed E-state index contributed by atoms with van der Waals surface area (Å²) in [5, 5.41) is 44.2. The van der Waals surface area contributed by atoms with Crippen LogP contribution < -0.4 is 10.5 Å². The van der Waals surface area contributed by atoms with Gasteiger partial charge in [0, 0.05) is 48.6 Å². The highest BCUT2D eigenvalue weighted by molar-refractivity contribution is 7.79. The van der Waals surface area contributed by atoms with Gasteiger partial charge in [-0.2, -0.15) is 8.42 Å². The highest BCUT2D eigenvalue weighted by atomic mass is 35.5. The van der Waals surface area contributed by atoms with Crippen LogP contribution in [0.1, 0.15) is 88.1 Å². The first-order valence-electron chi connectivity index (χ1n) is 15.8. The van der Waals surface area contributed by atoms with E-state index in [0.29, 0.717) is 6.61 Å². The van der Waals surface area contributed by atoms with Crippen molar-refractivity contribution in [1.82, 2.24) is 0 Å². The predicted molar refractivity (Wildman–Crippen MR) is 176 cm³/mol. The summed E-state index contributed by atoms with van der Waals surface area (Å²) in [6.45, 7) is 1.35. The lowest BCUT2D eigenvalue weighted by molar-refractivity contribution is -0.281. The van der Waals surface area contributed by atoms with Gasteiger partial charge in [-0.15, -0.1) is 12.4 Å². The maximum atomic E-state index is 13.8. The fourth-order valence-electron chi connectivity index (χ4n) is 6.95. The van der Waals surface area contributed by atoms with E-state index in [2.05, 4.69) is 0 Å². The summed E-state index contributed by atoms with van der Waals surface area (Å²) in [5.41, 5.74) is 2.98. The molecule has 0 radical (unpaired) electrons. The van der Waals surface area contributed by atoms with E-state index in [-0.39, 0.29) is 46.8 Å². The van der Waals surface area contributed by atoms with Crippen molar-refractivity contribution in [2.75, 3.05) is 20.3 Å². The molecule has 2 heterocycles. The van der Waals surface area contributed by atoms with Gasteiger partial charge in [-0.05, 0) is 32.3 Å². The minimum Gasteiger partial charge on any atom is -0.507 e. The summed E-state index contributed by atoms with van der Waals surface area (Å²) in [6, 6.07) is 3.86. The normalized spacial score (nSPS) is 28.6. The number of phenols is 2. The van der Waals surface area contributed by atoms with Crippen molar-refractivity contribution >= 4 is 40.2 Å². The van der Waals surface area contributed by atoms with Crippen molar-refractivity contribution in [2.45, 2.75) is 88.0 Å². The molecule has 0 unspecified atom stereocenters. The number of rotatable bonds is 7. The van der Waals surface area contributed by atoms with Gasteiger partial charge in [0.05, 0.1) is 36.0 Å². The van der Waals surface area contributed by atoms with Crippen LogP contribution in [0.4, 0.5) is 0 Å². The first-order valence-corrected chi connectivity index (χ1v) is 17.2. The molecule has 2 aromatic rings. The highest BCUT2D eigenvalue weighted by Gasteiger charge is 2.50. The molecule has 0 amide bonds. The molecular weight excluding hydrogens is 722 g/mol. The van der Waals surface area contributed by atoms with Crippen LogP contribution >= 0.6 is 12.4 Å². The van der Waals surface area contributed by atoms with Gasteiger partial charge in [0.25, 0.3) is 0 Å². The second-order valence-corrected chi connectivity index (χ2v) is 13.4. The number of benzene rings is 2. The van der Waals surface area contributed by atoms with Gasteiger partial charge < -0.3 is 49.8 Å². The van der Waals surface area contributed by atoms with Crippen molar-refractivity contribution in [1.29, 1.82) is 0 Å². The third-order valence-electron chi connectivity index (χ3n) is 9.22. The zero-order chi connectivity index (χ0) is 36.7. The molecule has 0 saturated carbocycles. The van der Waals surface area contributed by atoms with Crippen molar-refractivity contribution in [2.24, 2.45) is 5.73 Å². The molecule has 2 aromatic carbocycles. The number of aliphatic hydroxyl groups is 2. The summed E-state index contributed by atoms with van der Waals surface area (Å²) in [7, 11) is -3.33. The summed E-state index contributed by atoms with van der Waals surface area (Å²) in [6.07, 6.45) is -2.03. The van der Waals surface area contributed by atoms with Gasteiger partial charge in [0.1, 0.15) is 35.6 Å². The number of phenolic OH excluding ortho intramolecular Hbond substituents is 2. The molecule has 8 N–H and O–H groups in total. The molecule has 7 atom stereocenters. The smallest absolute Gasteiger partial charge is 0.394 e. The fourth-order valence-corrected chi connectivity index (χ4v) is 6.95. The average molecular weight is 762 g/mol. The third kappa shape index (κ3) is 8.21. The Kier molecular flexibility index (Phi) is 12.5. The van der Waals surface area contributed by atoms with Crippen LogP contribution in [-0.4, -0.2) is 112 Å². The molecule has 4 aliphatic rings. The van der Waals surface area contributed by atoms with Crippen LogP contribution in [0.2, 0.25) is 0 Å². The minimum atomic E-state index is -4.67. The molecule has 2 aliphatic heterocycles. The Morgan fingerprint density at radius 1 is 1.04 bits per heavy atom. The Balaban J connectivity index is 0.000000909. The minimum absolute atomic E-state index is 0. The van der Waals surface area contributed by atoms with Crippen molar-refractivity contribution < 1.29 is 76.0 Å². The molecule has 0 spiro atoms. The molecule has 19 heteroatoms. The number of aliphatic hydroxyl groups excluding tert-OH is 1. The van der Waals surface area contributed by atoms with Gasteiger partial charge >= 0.3 is 10.4 Å². The van der Waals surface area contributed by atoms with Gasteiger partial charge in [-0.1, -0.05) is 12.1 Å². The molecule has 282 valence electrons. The van der Waals surface area contributed by atoms with Crippen molar-refractivity contribution in [3.8, 4) is 17.2 Å². The number of ketones is 3. The van der Waals surface area contributed by atoms with E-state index < -0.39 is 112 Å². The summed E-state index contributed by atoms with van der Waals surface area (Å²) in [5.74, 6) is -3.67. The number of carbonyl (C=O) groups excluding carboxylic acids is 3. The standard InChI is InChI=1S/C32H37NO12.ClH.H2O4S/c1-14-31(45-21-8-3-4-9-42-21)17(33)10-22(43-14)44-19-12-32(40,20(35)13-34)11-16-24(19)30(39)26-25(28(16)37)27(36)15-6-5-7-18(41-2)23(15)29(26)38;;1-5(2,3)4/h5-7,14,17,19,21-22,31,34,37,39-40H,3-4,8-13,33H2,1-2H3;1H;(H2,1,2,3,4)/t14-,17-,19-,21+,22-,31+,32-;;/m0../s1. The molecule has 0 aromatic heterocycles. The SMILES string of the molecule is COc1cccc2c1C(=O)c1c(O)c3c(c(O)c1C2=O)C[C@@](O)(C(=O)CO)C[C@@H]3O[C@H]1C[C@H](N)[C@H](O[C@@H]2CCCCO2)[C@H](C)O1.Cl.O=S(=O)(O)O. The second kappa shape index (κ2) is 15.8. The van der Waals surface area contributed by atoms with E-state index in [4.69, 9.17) is 46.9 Å². The monoisotopic (exact) mass is 761 g/mol. The third-order valence-corrected chi connectivity index (χ3v) is 9.22. The number of nitrogens with two attached hydrogens (primary N) is 1. The van der Waals surface area contributed by atoms with Crippen LogP contribution in [0, 0.1) is 0 Å². The Hall–Kier alpha value is -3.27. The maximum Gasteiger partial charge on any atom is 0.394 e. The average Bonchev–Trinajstić information content (AvgIpc) is 3.05. The van der Waals surface area contributed by atoms with Crippen LogP contribution in [0.15, 0.2) is 18.2 Å². The van der Waals surface area contributed by atoms with E-state index in [9.17, 15) is 34.8 Å². The van der Waals surface area contributed by atoms with Crippen LogP contribution in [0.5, 0.6) is 17.2 Å². The van der Waals surface area contributed by atoms with Gasteiger partial charge in [-0.3, -0.25) is 23.5 Å². The van der Waals surface area contributed by atoms with E-state index in [1.807, 2.05) is 0 Å². The van der Waals surface area contributed by atoms with E-state index in [1.54, 1.807) is 6.92 Å². The number of carbonyl (C=O) groups is 3. The predicted octanol–water partition coefficient (Wildman–Crippen LogP) is 1.32. The van der Waals surface area contributed by atoms with Crippen LogP contribution in [-0.2, 0) is 40.6 Å². The number of fused-ring (bicyclic) bond motifs is 3. The Bertz CT molecular complexity index is 1760. The second-order valence-electron chi connectivity index (χ2n) is 12.5.